The quantitative estimate of drug-likeness (QED) is 0.803. The van der Waals surface area contributed by atoms with Crippen LogP contribution in [0.1, 0.15) is 31.9 Å². The molecule has 1 fully saturated rings. The van der Waals surface area contributed by atoms with Crippen molar-refractivity contribution in [1.82, 2.24) is 5.32 Å². The predicted molar refractivity (Wildman–Crippen MR) is 112 cm³/mol. The van der Waals surface area contributed by atoms with Gasteiger partial charge in [0.1, 0.15) is 0 Å². The summed E-state index contributed by atoms with van der Waals surface area (Å²) in [7, 11) is -7.18. The van der Waals surface area contributed by atoms with Gasteiger partial charge in [-0.1, -0.05) is 63.2 Å². The third kappa shape index (κ3) is 4.64. The zero-order chi connectivity index (χ0) is 20.6. The summed E-state index contributed by atoms with van der Waals surface area (Å²) in [5.74, 6) is -0.507. The van der Waals surface area contributed by atoms with Crippen molar-refractivity contribution in [1.29, 1.82) is 0 Å². The molecule has 0 aromatic heterocycles. The lowest BCUT2D eigenvalue weighted by atomic mass is 9.87. The first-order chi connectivity index (χ1) is 13.0. The molecule has 0 spiro atoms. The van der Waals surface area contributed by atoms with Gasteiger partial charge in [0.15, 0.2) is 19.7 Å². The summed E-state index contributed by atoms with van der Waals surface area (Å²) < 4.78 is 50.8. The van der Waals surface area contributed by atoms with E-state index in [1.807, 2.05) is 42.5 Å². The van der Waals surface area contributed by atoms with Crippen LogP contribution >= 0.6 is 0 Å². The van der Waals surface area contributed by atoms with Crippen LogP contribution < -0.4 is 5.32 Å². The van der Waals surface area contributed by atoms with E-state index >= 15 is 0 Å². The maximum Gasteiger partial charge on any atom is 0.183 e. The fourth-order valence-corrected chi connectivity index (χ4v) is 8.19. The molecule has 2 aromatic rings. The van der Waals surface area contributed by atoms with Gasteiger partial charge in [-0.05, 0) is 28.7 Å². The number of benzene rings is 2. The Balaban J connectivity index is 1.85. The second-order valence-electron chi connectivity index (χ2n) is 8.41. The van der Waals surface area contributed by atoms with Crippen LogP contribution in [0.25, 0.3) is 0 Å². The zero-order valence-corrected chi connectivity index (χ0v) is 18.1. The van der Waals surface area contributed by atoms with E-state index in [4.69, 9.17) is 0 Å². The summed E-state index contributed by atoms with van der Waals surface area (Å²) in [5.41, 5.74) is 1.93. The minimum atomic E-state index is -3.77. The molecular weight excluding hydrogens is 394 g/mol. The molecule has 1 aliphatic rings. The van der Waals surface area contributed by atoms with Crippen molar-refractivity contribution in [3.05, 3.63) is 65.7 Å². The van der Waals surface area contributed by atoms with Crippen LogP contribution in [0, 0.1) is 0 Å². The van der Waals surface area contributed by atoms with E-state index in [0.29, 0.717) is 6.54 Å². The molecular formula is C21H27NO4S2. The number of sulfone groups is 2. The highest BCUT2D eigenvalue weighted by Gasteiger charge is 2.45. The molecule has 1 N–H and O–H groups in total. The van der Waals surface area contributed by atoms with Gasteiger partial charge in [-0.3, -0.25) is 0 Å². The standard InChI is InChI=1S/C21H27NO4S2/c1-21(2,3)17-9-11-18(12-10-17)28(25,26)20-15-27(23,24)14-19(20)22-13-16-7-5-4-6-8-16/h4-12,19-20,22H,13-15H2,1-3H3/t19-,20-/m0/s1. The molecule has 0 unspecified atom stereocenters. The lowest BCUT2D eigenvalue weighted by Gasteiger charge is -2.22. The highest BCUT2D eigenvalue weighted by Crippen LogP contribution is 2.28. The van der Waals surface area contributed by atoms with Crippen LogP contribution in [0.2, 0.25) is 0 Å². The topological polar surface area (TPSA) is 80.3 Å². The number of hydrogen-bond acceptors (Lipinski definition) is 5. The second kappa shape index (κ2) is 7.61. The van der Waals surface area contributed by atoms with E-state index in [-0.39, 0.29) is 21.8 Å². The Morgan fingerprint density at radius 1 is 0.964 bits per heavy atom. The number of nitrogens with one attached hydrogen (secondary N) is 1. The number of rotatable bonds is 5. The smallest absolute Gasteiger partial charge is 0.183 e. The molecule has 0 saturated carbocycles. The van der Waals surface area contributed by atoms with E-state index in [0.717, 1.165) is 11.1 Å². The largest absolute Gasteiger partial charge is 0.308 e. The van der Waals surface area contributed by atoms with Gasteiger partial charge in [0.25, 0.3) is 0 Å². The van der Waals surface area contributed by atoms with E-state index in [1.54, 1.807) is 12.1 Å². The monoisotopic (exact) mass is 421 g/mol. The van der Waals surface area contributed by atoms with Crippen molar-refractivity contribution in [3.8, 4) is 0 Å². The minimum Gasteiger partial charge on any atom is -0.308 e. The minimum absolute atomic E-state index is 0.0846. The van der Waals surface area contributed by atoms with E-state index < -0.39 is 31.0 Å². The highest BCUT2D eigenvalue weighted by molar-refractivity contribution is 7.96. The lowest BCUT2D eigenvalue weighted by Crippen LogP contribution is -2.43. The maximum absolute atomic E-state index is 13.2. The molecule has 2 atom stereocenters. The molecule has 28 heavy (non-hydrogen) atoms. The Kier molecular flexibility index (Phi) is 5.71. The molecule has 0 amide bonds. The average molecular weight is 422 g/mol. The molecule has 1 saturated heterocycles. The summed E-state index contributed by atoms with van der Waals surface area (Å²) in [6.07, 6.45) is 0. The maximum atomic E-state index is 13.2. The molecule has 1 aliphatic heterocycles. The normalized spacial score (nSPS) is 22.2. The molecule has 0 aliphatic carbocycles. The van der Waals surface area contributed by atoms with Crippen LogP contribution in [-0.2, 0) is 31.6 Å². The first kappa shape index (κ1) is 21.0. The van der Waals surface area contributed by atoms with Crippen LogP contribution in [0.3, 0.4) is 0 Å². The lowest BCUT2D eigenvalue weighted by molar-refractivity contribution is 0.526. The summed E-state index contributed by atoms with van der Waals surface area (Å²) >= 11 is 0. The van der Waals surface area contributed by atoms with Gasteiger partial charge < -0.3 is 5.32 Å². The fraction of sp³-hybridized carbons (Fsp3) is 0.429. The molecule has 0 radical (unpaired) electrons. The summed E-state index contributed by atoms with van der Waals surface area (Å²) in [6, 6.07) is 15.7. The summed E-state index contributed by atoms with van der Waals surface area (Å²) in [4.78, 5) is 0.175. The van der Waals surface area contributed by atoms with Gasteiger partial charge in [0.2, 0.25) is 0 Å². The van der Waals surface area contributed by atoms with Crippen molar-refractivity contribution in [2.24, 2.45) is 0 Å². The van der Waals surface area contributed by atoms with Gasteiger partial charge in [-0.25, -0.2) is 16.8 Å². The van der Waals surface area contributed by atoms with Crippen molar-refractivity contribution in [2.45, 2.75) is 48.9 Å². The molecule has 152 valence electrons. The van der Waals surface area contributed by atoms with Crippen molar-refractivity contribution < 1.29 is 16.8 Å². The Morgan fingerprint density at radius 3 is 2.14 bits per heavy atom. The molecule has 3 rings (SSSR count). The molecule has 0 bridgehead atoms. The SMILES string of the molecule is CC(C)(C)c1ccc(S(=O)(=O)[C@H]2CS(=O)(=O)C[C@@H]2NCc2ccccc2)cc1. The first-order valence-corrected chi connectivity index (χ1v) is 12.7. The number of hydrogen-bond donors (Lipinski definition) is 1. The zero-order valence-electron chi connectivity index (χ0n) is 16.4. The first-order valence-electron chi connectivity index (χ1n) is 9.31. The third-order valence-electron chi connectivity index (χ3n) is 5.16. The fourth-order valence-electron chi connectivity index (χ4n) is 3.48. The van der Waals surface area contributed by atoms with Crippen LogP contribution in [0.4, 0.5) is 0 Å². The summed E-state index contributed by atoms with van der Waals surface area (Å²) in [5, 5.41) is 2.17. The Morgan fingerprint density at radius 2 is 1.57 bits per heavy atom. The van der Waals surface area contributed by atoms with E-state index in [2.05, 4.69) is 26.1 Å². The average Bonchev–Trinajstić information content (AvgIpc) is 2.96. The van der Waals surface area contributed by atoms with Gasteiger partial charge in [-0.2, -0.15) is 0 Å². The molecule has 1 heterocycles. The van der Waals surface area contributed by atoms with Crippen LogP contribution in [0.5, 0.6) is 0 Å². The second-order valence-corrected chi connectivity index (χ2v) is 12.7. The Labute approximate surface area is 168 Å². The van der Waals surface area contributed by atoms with Crippen LogP contribution in [-0.4, -0.2) is 39.6 Å². The Bertz CT molecular complexity index is 1020. The van der Waals surface area contributed by atoms with Crippen molar-refractivity contribution >= 4 is 19.7 Å². The van der Waals surface area contributed by atoms with Gasteiger partial charge in [-0.15, -0.1) is 0 Å². The Hall–Kier alpha value is -1.70. The van der Waals surface area contributed by atoms with E-state index in [1.165, 1.54) is 0 Å². The third-order valence-corrected chi connectivity index (χ3v) is 9.33. The predicted octanol–water partition coefficient (Wildman–Crippen LogP) is 2.71. The highest BCUT2D eigenvalue weighted by atomic mass is 32.2. The molecule has 5 nitrogen and oxygen atoms in total. The van der Waals surface area contributed by atoms with Gasteiger partial charge in [0, 0.05) is 12.6 Å². The van der Waals surface area contributed by atoms with Gasteiger partial charge >= 0.3 is 0 Å². The van der Waals surface area contributed by atoms with E-state index in [9.17, 15) is 16.8 Å². The van der Waals surface area contributed by atoms with Crippen LogP contribution in [0.15, 0.2) is 59.5 Å². The van der Waals surface area contributed by atoms with Crippen molar-refractivity contribution in [3.63, 3.8) is 0 Å². The summed E-state index contributed by atoms with van der Waals surface area (Å²) in [6.45, 7) is 6.60. The molecule has 2 aromatic carbocycles. The van der Waals surface area contributed by atoms with Gasteiger partial charge in [0.05, 0.1) is 21.7 Å². The molecule has 7 heteroatoms. The van der Waals surface area contributed by atoms with Crippen molar-refractivity contribution in [2.75, 3.05) is 11.5 Å².